The zero-order chi connectivity index (χ0) is 7.49. The quantitative estimate of drug-likeness (QED) is 0.566. The third-order valence-electron chi connectivity index (χ3n) is 1.83. The van der Waals surface area contributed by atoms with Crippen LogP contribution in [0.5, 0.6) is 0 Å². The molecule has 0 aliphatic rings. The van der Waals surface area contributed by atoms with Gasteiger partial charge in [-0.05, 0) is 27.4 Å². The van der Waals surface area contributed by atoms with Crippen molar-refractivity contribution in [2.75, 3.05) is 20.3 Å². The molecule has 0 aromatic rings. The maximum atomic E-state index is 12.2. The van der Waals surface area contributed by atoms with Gasteiger partial charge in [-0.3, -0.25) is 4.90 Å². The van der Waals surface area contributed by atoms with Crippen molar-refractivity contribution >= 4 is 0 Å². The minimum atomic E-state index is -0.283. The molecule has 0 aromatic carbocycles. The summed E-state index contributed by atoms with van der Waals surface area (Å²) in [7, 11) is 1.93. The van der Waals surface area contributed by atoms with Crippen LogP contribution in [0.4, 0.5) is 4.39 Å². The average molecular weight is 133 g/mol. The van der Waals surface area contributed by atoms with Crippen LogP contribution in [0.3, 0.4) is 0 Å². The molecule has 0 radical (unpaired) electrons. The van der Waals surface area contributed by atoms with Gasteiger partial charge >= 0.3 is 0 Å². The van der Waals surface area contributed by atoms with Crippen molar-refractivity contribution in [3.05, 3.63) is 0 Å². The van der Waals surface area contributed by atoms with Crippen molar-refractivity contribution in [3.8, 4) is 0 Å². The minimum absolute atomic E-state index is 0.280. The lowest BCUT2D eigenvalue weighted by atomic mass is 10.1. The van der Waals surface area contributed by atoms with E-state index < -0.39 is 0 Å². The summed E-state index contributed by atoms with van der Waals surface area (Å²) in [4.78, 5) is 1.99. The lowest BCUT2D eigenvalue weighted by molar-refractivity contribution is 0.128. The zero-order valence-corrected chi connectivity index (χ0v) is 6.74. The highest BCUT2D eigenvalue weighted by molar-refractivity contribution is 4.76. The summed E-state index contributed by atoms with van der Waals surface area (Å²) in [5.41, 5.74) is -0.283. The number of nitrogens with zero attached hydrogens (tertiary/aromatic N) is 1. The van der Waals surface area contributed by atoms with E-state index in [9.17, 15) is 4.39 Å². The smallest absolute Gasteiger partial charge is 0.107 e. The van der Waals surface area contributed by atoms with Crippen molar-refractivity contribution in [1.29, 1.82) is 0 Å². The van der Waals surface area contributed by atoms with Crippen molar-refractivity contribution in [3.63, 3.8) is 0 Å². The first-order chi connectivity index (χ1) is 4.04. The summed E-state index contributed by atoms with van der Waals surface area (Å²) in [6.45, 7) is 6.44. The normalized spacial score (nSPS) is 12.7. The van der Waals surface area contributed by atoms with Gasteiger partial charge in [0.15, 0.2) is 0 Å². The number of hydrogen-bond acceptors (Lipinski definition) is 1. The fourth-order valence-electron chi connectivity index (χ4n) is 0.530. The van der Waals surface area contributed by atoms with Gasteiger partial charge in [0, 0.05) is 5.54 Å². The monoisotopic (exact) mass is 133 g/mol. The van der Waals surface area contributed by atoms with E-state index in [4.69, 9.17) is 0 Å². The predicted molar refractivity (Wildman–Crippen MR) is 38.4 cm³/mol. The molecule has 0 atom stereocenters. The molecule has 56 valence electrons. The van der Waals surface area contributed by atoms with Gasteiger partial charge < -0.3 is 0 Å². The zero-order valence-electron chi connectivity index (χ0n) is 6.74. The van der Waals surface area contributed by atoms with Gasteiger partial charge in [-0.2, -0.15) is 0 Å². The number of halogens is 1. The second-order valence-corrected chi connectivity index (χ2v) is 2.96. The first kappa shape index (κ1) is 8.89. The summed E-state index contributed by atoms with van der Waals surface area (Å²) < 4.78 is 12.2. The van der Waals surface area contributed by atoms with Crippen molar-refractivity contribution in [1.82, 2.24) is 4.90 Å². The molecule has 0 rings (SSSR count). The summed E-state index contributed by atoms with van der Waals surface area (Å²) in [6, 6.07) is 0. The molecule has 0 spiro atoms. The van der Waals surface area contributed by atoms with Crippen LogP contribution in [0.1, 0.15) is 20.8 Å². The fourth-order valence-corrected chi connectivity index (χ4v) is 0.530. The Kier molecular flexibility index (Phi) is 3.12. The second-order valence-electron chi connectivity index (χ2n) is 2.96. The molecule has 0 saturated carbocycles. The molecule has 0 heterocycles. The molecular formula is C7H16FN. The Morgan fingerprint density at radius 3 is 2.00 bits per heavy atom. The second kappa shape index (κ2) is 3.16. The molecule has 0 saturated heterocycles. The Morgan fingerprint density at radius 2 is 1.89 bits per heavy atom. The van der Waals surface area contributed by atoms with Crippen LogP contribution in [0.15, 0.2) is 0 Å². The van der Waals surface area contributed by atoms with Crippen LogP contribution in [-0.2, 0) is 0 Å². The highest BCUT2D eigenvalue weighted by atomic mass is 19.1. The SMILES string of the molecule is CCN(C)C(C)(C)CF. The van der Waals surface area contributed by atoms with Crippen molar-refractivity contribution < 1.29 is 4.39 Å². The van der Waals surface area contributed by atoms with Gasteiger partial charge in [0.1, 0.15) is 6.67 Å². The van der Waals surface area contributed by atoms with Gasteiger partial charge in [0.2, 0.25) is 0 Å². The Balaban J connectivity index is 3.80. The van der Waals surface area contributed by atoms with Gasteiger partial charge in [0.25, 0.3) is 0 Å². The summed E-state index contributed by atoms with van der Waals surface area (Å²) in [5, 5.41) is 0. The van der Waals surface area contributed by atoms with E-state index in [1.807, 2.05) is 32.7 Å². The summed E-state index contributed by atoms with van der Waals surface area (Å²) in [5.74, 6) is 0. The van der Waals surface area contributed by atoms with Crippen LogP contribution < -0.4 is 0 Å². The fraction of sp³-hybridized carbons (Fsp3) is 1.00. The van der Waals surface area contributed by atoms with E-state index in [-0.39, 0.29) is 12.2 Å². The molecule has 0 unspecified atom stereocenters. The topological polar surface area (TPSA) is 3.24 Å². The maximum absolute atomic E-state index is 12.2. The summed E-state index contributed by atoms with van der Waals surface area (Å²) in [6.07, 6.45) is 0. The van der Waals surface area contributed by atoms with Gasteiger partial charge in [-0.15, -0.1) is 0 Å². The molecule has 9 heavy (non-hydrogen) atoms. The standard InChI is InChI=1S/C7H16FN/c1-5-9(4)7(2,3)6-8/h5-6H2,1-4H3. The highest BCUT2D eigenvalue weighted by Gasteiger charge is 2.21. The van der Waals surface area contributed by atoms with Gasteiger partial charge in [0.05, 0.1) is 0 Å². The summed E-state index contributed by atoms with van der Waals surface area (Å²) >= 11 is 0. The molecule has 1 nitrogen and oxygen atoms in total. The predicted octanol–water partition coefficient (Wildman–Crippen LogP) is 1.69. The van der Waals surface area contributed by atoms with E-state index in [2.05, 4.69) is 0 Å². The third-order valence-corrected chi connectivity index (χ3v) is 1.83. The molecule has 0 aliphatic heterocycles. The van der Waals surface area contributed by atoms with E-state index >= 15 is 0 Å². The molecule has 0 amide bonds. The lowest BCUT2D eigenvalue weighted by Crippen LogP contribution is -2.42. The van der Waals surface area contributed by atoms with E-state index in [0.717, 1.165) is 6.54 Å². The minimum Gasteiger partial charge on any atom is -0.299 e. The molecular weight excluding hydrogens is 117 g/mol. The molecule has 0 fully saturated rings. The van der Waals surface area contributed by atoms with Crippen LogP contribution in [-0.4, -0.2) is 30.7 Å². The Labute approximate surface area is 56.9 Å². The Morgan fingerprint density at radius 1 is 1.44 bits per heavy atom. The molecule has 0 N–H and O–H groups in total. The molecule has 0 aromatic heterocycles. The molecule has 0 aliphatic carbocycles. The van der Waals surface area contributed by atoms with E-state index in [1.165, 1.54) is 0 Å². The largest absolute Gasteiger partial charge is 0.299 e. The average Bonchev–Trinajstić information content (AvgIpc) is 1.86. The number of alkyl halides is 1. The lowest BCUT2D eigenvalue weighted by Gasteiger charge is -2.31. The van der Waals surface area contributed by atoms with Crippen molar-refractivity contribution in [2.45, 2.75) is 26.3 Å². The van der Waals surface area contributed by atoms with Crippen LogP contribution in [0.25, 0.3) is 0 Å². The third kappa shape index (κ3) is 2.31. The highest BCUT2D eigenvalue weighted by Crippen LogP contribution is 2.11. The van der Waals surface area contributed by atoms with E-state index in [1.54, 1.807) is 0 Å². The van der Waals surface area contributed by atoms with Crippen LogP contribution in [0.2, 0.25) is 0 Å². The van der Waals surface area contributed by atoms with Crippen molar-refractivity contribution in [2.24, 2.45) is 0 Å². The Bertz CT molecular complexity index is 81.0. The number of hydrogen-bond donors (Lipinski definition) is 0. The maximum Gasteiger partial charge on any atom is 0.107 e. The van der Waals surface area contributed by atoms with Crippen LogP contribution in [0, 0.1) is 0 Å². The molecule has 0 bridgehead atoms. The number of rotatable bonds is 3. The van der Waals surface area contributed by atoms with Gasteiger partial charge in [-0.1, -0.05) is 6.92 Å². The first-order valence-corrected chi connectivity index (χ1v) is 3.31. The Hall–Kier alpha value is -0.110. The van der Waals surface area contributed by atoms with Crippen LogP contribution >= 0.6 is 0 Å². The first-order valence-electron chi connectivity index (χ1n) is 3.31. The van der Waals surface area contributed by atoms with E-state index in [0.29, 0.717) is 0 Å². The van der Waals surface area contributed by atoms with Gasteiger partial charge in [-0.25, -0.2) is 4.39 Å². The molecule has 2 heteroatoms.